The van der Waals surface area contributed by atoms with Crippen LogP contribution in [0.15, 0.2) is 5.51 Å². The van der Waals surface area contributed by atoms with E-state index in [4.69, 9.17) is 0 Å². The Morgan fingerprint density at radius 1 is 1.39 bits per heavy atom. The van der Waals surface area contributed by atoms with Crippen LogP contribution in [0.5, 0.6) is 0 Å². The summed E-state index contributed by atoms with van der Waals surface area (Å²) in [6.45, 7) is 9.46. The van der Waals surface area contributed by atoms with Gasteiger partial charge >= 0.3 is 0 Å². The molecule has 2 aliphatic rings. The first-order valence-electron chi connectivity index (χ1n) is 6.96. The lowest BCUT2D eigenvalue weighted by molar-refractivity contribution is 0.141. The highest BCUT2D eigenvalue weighted by molar-refractivity contribution is 7.13. The third-order valence-corrected chi connectivity index (χ3v) is 5.03. The van der Waals surface area contributed by atoms with Crippen LogP contribution in [0, 0.1) is 5.92 Å². The minimum absolute atomic E-state index is 0.427. The number of likely N-dealkylation sites (tertiary alicyclic amines) is 1. The van der Waals surface area contributed by atoms with Crippen LogP contribution in [-0.4, -0.2) is 46.8 Å². The molecule has 2 fully saturated rings. The number of aromatic nitrogens is 2. The summed E-state index contributed by atoms with van der Waals surface area (Å²) in [6, 6.07) is 0. The Morgan fingerprint density at radius 2 is 2.28 bits per heavy atom. The first kappa shape index (κ1) is 12.4. The van der Waals surface area contributed by atoms with Crippen molar-refractivity contribution in [2.24, 2.45) is 5.92 Å². The molecule has 1 aromatic rings. The fourth-order valence-electron chi connectivity index (χ4n) is 3.51. The van der Waals surface area contributed by atoms with Crippen molar-refractivity contribution < 1.29 is 0 Å². The zero-order valence-electron chi connectivity index (χ0n) is 11.3. The van der Waals surface area contributed by atoms with Crippen molar-refractivity contribution in [2.45, 2.75) is 38.6 Å². The highest BCUT2D eigenvalue weighted by Crippen LogP contribution is 2.39. The summed E-state index contributed by atoms with van der Waals surface area (Å²) < 4.78 is 0. The molecule has 5 heteroatoms. The van der Waals surface area contributed by atoms with Crippen LogP contribution >= 0.6 is 11.3 Å². The van der Waals surface area contributed by atoms with E-state index in [-0.39, 0.29) is 0 Å². The fraction of sp³-hybridized carbons (Fsp3) is 0.846. The fourth-order valence-corrected chi connectivity index (χ4v) is 4.09. The number of anilines is 1. The summed E-state index contributed by atoms with van der Waals surface area (Å²) in [5.41, 5.74) is 2.26. The molecule has 0 aromatic carbocycles. The predicted octanol–water partition coefficient (Wildman–Crippen LogP) is 2.24. The van der Waals surface area contributed by atoms with Gasteiger partial charge in [-0.05, 0) is 31.7 Å². The van der Waals surface area contributed by atoms with E-state index in [2.05, 4.69) is 33.8 Å². The molecular weight excluding hydrogens is 244 g/mol. The first-order valence-corrected chi connectivity index (χ1v) is 7.84. The largest absolute Gasteiger partial charge is 0.345 e. The molecule has 0 aliphatic carbocycles. The van der Waals surface area contributed by atoms with Gasteiger partial charge in [0.1, 0.15) is 5.51 Å². The Morgan fingerprint density at radius 3 is 3.00 bits per heavy atom. The summed E-state index contributed by atoms with van der Waals surface area (Å²) in [5.74, 6) is 0.760. The molecule has 0 bridgehead atoms. The Hall–Kier alpha value is -0.680. The minimum atomic E-state index is 0.427. The van der Waals surface area contributed by atoms with Gasteiger partial charge in [-0.3, -0.25) is 4.90 Å². The Kier molecular flexibility index (Phi) is 3.28. The highest BCUT2D eigenvalue weighted by Gasteiger charge is 2.46. The Labute approximate surface area is 113 Å². The molecule has 1 atom stereocenters. The second-order valence-electron chi connectivity index (χ2n) is 6.06. The molecule has 0 amide bonds. The van der Waals surface area contributed by atoms with E-state index in [0.29, 0.717) is 5.54 Å². The van der Waals surface area contributed by atoms with Gasteiger partial charge in [-0.15, -0.1) is 10.2 Å². The summed E-state index contributed by atoms with van der Waals surface area (Å²) in [6.07, 6.45) is 4.00. The average molecular weight is 266 g/mol. The second-order valence-corrected chi connectivity index (χ2v) is 6.87. The minimum Gasteiger partial charge on any atom is -0.345 e. The van der Waals surface area contributed by atoms with Gasteiger partial charge in [0.05, 0.1) is 0 Å². The first-order chi connectivity index (χ1) is 8.70. The van der Waals surface area contributed by atoms with Gasteiger partial charge in [-0.2, -0.15) is 0 Å². The van der Waals surface area contributed by atoms with Crippen molar-refractivity contribution in [1.29, 1.82) is 0 Å². The van der Waals surface area contributed by atoms with Crippen molar-refractivity contribution in [3.05, 3.63) is 5.51 Å². The van der Waals surface area contributed by atoms with Gasteiger partial charge in [0.2, 0.25) is 5.13 Å². The van der Waals surface area contributed by atoms with Crippen molar-refractivity contribution in [3.8, 4) is 0 Å². The topological polar surface area (TPSA) is 32.3 Å². The van der Waals surface area contributed by atoms with E-state index in [1.165, 1.54) is 32.4 Å². The maximum Gasteiger partial charge on any atom is 0.208 e. The quantitative estimate of drug-likeness (QED) is 0.840. The average Bonchev–Trinajstić information content (AvgIpc) is 3.03. The van der Waals surface area contributed by atoms with E-state index >= 15 is 0 Å². The summed E-state index contributed by atoms with van der Waals surface area (Å²) in [7, 11) is 0. The van der Waals surface area contributed by atoms with Crippen LogP contribution in [0.1, 0.15) is 33.1 Å². The van der Waals surface area contributed by atoms with E-state index < -0.39 is 0 Å². The van der Waals surface area contributed by atoms with Gasteiger partial charge in [0.15, 0.2) is 0 Å². The highest BCUT2D eigenvalue weighted by atomic mass is 32.1. The molecule has 0 unspecified atom stereocenters. The third-order valence-electron chi connectivity index (χ3n) is 4.28. The lowest BCUT2D eigenvalue weighted by atomic mass is 9.94. The van der Waals surface area contributed by atoms with Gasteiger partial charge in [0, 0.05) is 25.2 Å². The van der Waals surface area contributed by atoms with E-state index in [1.807, 2.05) is 5.51 Å². The zero-order valence-corrected chi connectivity index (χ0v) is 12.1. The standard InChI is InChI=1S/C13H22N4S/c1-11(2)8-17-6-3-4-13(17)5-7-16(9-13)12-15-14-10-18-12/h10-11H,3-9H2,1-2H3/t13-/m0/s1. The molecular formula is C13H22N4S. The molecule has 2 aliphatic heterocycles. The molecule has 4 nitrogen and oxygen atoms in total. The third kappa shape index (κ3) is 2.14. The molecule has 100 valence electrons. The molecule has 3 rings (SSSR count). The van der Waals surface area contributed by atoms with Gasteiger partial charge < -0.3 is 4.90 Å². The van der Waals surface area contributed by atoms with Crippen molar-refractivity contribution in [1.82, 2.24) is 15.1 Å². The monoisotopic (exact) mass is 266 g/mol. The number of nitrogens with zero attached hydrogens (tertiary/aromatic N) is 4. The maximum atomic E-state index is 4.21. The molecule has 0 N–H and O–H groups in total. The van der Waals surface area contributed by atoms with Crippen LogP contribution in [0.2, 0.25) is 0 Å². The summed E-state index contributed by atoms with van der Waals surface area (Å²) >= 11 is 1.66. The molecule has 1 spiro atoms. The molecule has 1 aromatic heterocycles. The van der Waals surface area contributed by atoms with Crippen molar-refractivity contribution >= 4 is 16.5 Å². The van der Waals surface area contributed by atoms with E-state index in [0.717, 1.165) is 24.1 Å². The summed E-state index contributed by atoms with van der Waals surface area (Å²) in [4.78, 5) is 5.16. The molecule has 0 radical (unpaired) electrons. The second kappa shape index (κ2) is 4.78. The zero-order chi connectivity index (χ0) is 12.6. The van der Waals surface area contributed by atoms with Crippen molar-refractivity contribution in [2.75, 3.05) is 31.1 Å². The van der Waals surface area contributed by atoms with Gasteiger partial charge in [0.25, 0.3) is 0 Å². The van der Waals surface area contributed by atoms with Gasteiger partial charge in [-0.1, -0.05) is 25.2 Å². The van der Waals surface area contributed by atoms with Gasteiger partial charge in [-0.25, -0.2) is 0 Å². The maximum absolute atomic E-state index is 4.21. The normalized spacial score (nSPS) is 28.9. The van der Waals surface area contributed by atoms with Crippen LogP contribution < -0.4 is 4.90 Å². The molecule has 2 saturated heterocycles. The molecule has 18 heavy (non-hydrogen) atoms. The van der Waals surface area contributed by atoms with Crippen molar-refractivity contribution in [3.63, 3.8) is 0 Å². The van der Waals surface area contributed by atoms with Crippen LogP contribution in [0.3, 0.4) is 0 Å². The van der Waals surface area contributed by atoms with E-state index in [9.17, 15) is 0 Å². The van der Waals surface area contributed by atoms with Crippen LogP contribution in [0.25, 0.3) is 0 Å². The number of rotatable bonds is 3. The predicted molar refractivity (Wildman–Crippen MR) is 75.1 cm³/mol. The van der Waals surface area contributed by atoms with Crippen LogP contribution in [0.4, 0.5) is 5.13 Å². The number of hydrogen-bond donors (Lipinski definition) is 0. The van der Waals surface area contributed by atoms with Crippen LogP contribution in [-0.2, 0) is 0 Å². The molecule has 3 heterocycles. The lowest BCUT2D eigenvalue weighted by Crippen LogP contribution is -2.47. The SMILES string of the molecule is CC(C)CN1CCC[C@@]12CCN(c1nncs1)C2. The molecule has 0 saturated carbocycles. The van der Waals surface area contributed by atoms with E-state index in [1.54, 1.807) is 11.3 Å². The Balaban J connectivity index is 1.72. The summed E-state index contributed by atoms with van der Waals surface area (Å²) in [5, 5.41) is 9.28. The Bertz CT molecular complexity index is 392. The smallest absolute Gasteiger partial charge is 0.208 e. The number of hydrogen-bond acceptors (Lipinski definition) is 5. The lowest BCUT2D eigenvalue weighted by Gasteiger charge is -2.36.